The second-order valence-electron chi connectivity index (χ2n) is 3.91. The van der Waals surface area contributed by atoms with Gasteiger partial charge in [0.05, 0.1) is 18.2 Å². The van der Waals surface area contributed by atoms with Crippen molar-refractivity contribution in [2.75, 3.05) is 0 Å². The molecule has 0 spiro atoms. The Morgan fingerprint density at radius 2 is 2.05 bits per heavy atom. The van der Waals surface area contributed by atoms with E-state index >= 15 is 0 Å². The van der Waals surface area contributed by atoms with Gasteiger partial charge in [-0.05, 0) is 12.1 Å². The molecule has 1 heterocycles. The lowest BCUT2D eigenvalue weighted by Crippen LogP contribution is -2.05. The van der Waals surface area contributed by atoms with E-state index in [-0.39, 0.29) is 6.61 Å². The van der Waals surface area contributed by atoms with E-state index in [1.54, 1.807) is 11.6 Å². The van der Waals surface area contributed by atoms with Crippen LogP contribution in [0.5, 0.6) is 5.75 Å². The van der Waals surface area contributed by atoms with Crippen LogP contribution in [0.3, 0.4) is 0 Å². The first-order chi connectivity index (χ1) is 9.30. The van der Waals surface area contributed by atoms with Crippen molar-refractivity contribution in [2.24, 2.45) is 7.05 Å². The standard InChI is InChI=1S/C11H9ClF2N2O3S/c1-16-6-15-4-7(16)5-19-8-2-3-9(20(12,17)18)11(14)10(8)13/h2-4,6H,5H2,1H3. The molecule has 0 saturated heterocycles. The number of rotatable bonds is 4. The Morgan fingerprint density at radius 1 is 1.35 bits per heavy atom. The van der Waals surface area contributed by atoms with Crippen molar-refractivity contribution < 1.29 is 21.9 Å². The van der Waals surface area contributed by atoms with Gasteiger partial charge in [0.15, 0.2) is 11.6 Å². The average Bonchev–Trinajstić information content (AvgIpc) is 2.75. The van der Waals surface area contributed by atoms with E-state index in [9.17, 15) is 17.2 Å². The fourth-order valence-electron chi connectivity index (χ4n) is 1.49. The van der Waals surface area contributed by atoms with Crippen LogP contribution in [-0.4, -0.2) is 18.0 Å². The highest BCUT2D eigenvalue weighted by molar-refractivity contribution is 8.13. The molecule has 0 fully saturated rings. The Labute approximate surface area is 118 Å². The second-order valence-corrected chi connectivity index (χ2v) is 6.45. The van der Waals surface area contributed by atoms with Crippen molar-refractivity contribution >= 4 is 19.7 Å². The predicted octanol–water partition coefficient (Wildman–Crippen LogP) is 2.20. The van der Waals surface area contributed by atoms with Gasteiger partial charge < -0.3 is 9.30 Å². The summed E-state index contributed by atoms with van der Waals surface area (Å²) in [5.74, 6) is -3.39. The van der Waals surface area contributed by atoms with Crippen LogP contribution < -0.4 is 4.74 Å². The summed E-state index contributed by atoms with van der Waals surface area (Å²) in [4.78, 5) is 2.91. The molecule has 0 atom stereocenters. The normalized spacial score (nSPS) is 11.6. The Bertz CT molecular complexity index is 746. The summed E-state index contributed by atoms with van der Waals surface area (Å²) in [5.41, 5.74) is 0.638. The fraction of sp³-hybridized carbons (Fsp3) is 0.182. The van der Waals surface area contributed by atoms with E-state index in [2.05, 4.69) is 4.98 Å². The number of hydrogen-bond donors (Lipinski definition) is 0. The third-order valence-electron chi connectivity index (χ3n) is 2.57. The summed E-state index contributed by atoms with van der Waals surface area (Å²) in [6, 6.07) is 1.85. The van der Waals surface area contributed by atoms with Gasteiger partial charge in [-0.3, -0.25) is 0 Å². The highest BCUT2D eigenvalue weighted by atomic mass is 35.7. The van der Waals surface area contributed by atoms with Crippen LogP contribution in [0.25, 0.3) is 0 Å². The molecule has 0 aliphatic rings. The molecular formula is C11H9ClF2N2O3S. The van der Waals surface area contributed by atoms with Crippen molar-refractivity contribution in [1.29, 1.82) is 0 Å². The molecule has 1 aromatic carbocycles. The predicted molar refractivity (Wildman–Crippen MR) is 66.9 cm³/mol. The Kier molecular flexibility index (Phi) is 3.96. The van der Waals surface area contributed by atoms with E-state index < -0.39 is 31.3 Å². The van der Waals surface area contributed by atoms with Crippen molar-refractivity contribution in [1.82, 2.24) is 9.55 Å². The zero-order valence-corrected chi connectivity index (χ0v) is 11.8. The quantitative estimate of drug-likeness (QED) is 0.810. The smallest absolute Gasteiger partial charge is 0.264 e. The average molecular weight is 323 g/mol. The molecule has 1 aromatic heterocycles. The van der Waals surface area contributed by atoms with Crippen molar-refractivity contribution in [3.05, 3.63) is 42.0 Å². The van der Waals surface area contributed by atoms with E-state index in [0.717, 1.165) is 12.1 Å². The highest BCUT2D eigenvalue weighted by Crippen LogP contribution is 2.27. The molecule has 2 rings (SSSR count). The number of aryl methyl sites for hydroxylation is 1. The molecule has 2 aromatic rings. The van der Waals surface area contributed by atoms with E-state index in [1.807, 2.05) is 0 Å². The molecule has 108 valence electrons. The molecule has 0 radical (unpaired) electrons. The number of hydrogen-bond acceptors (Lipinski definition) is 4. The van der Waals surface area contributed by atoms with Gasteiger partial charge in [-0.25, -0.2) is 17.8 Å². The van der Waals surface area contributed by atoms with Crippen LogP contribution in [-0.2, 0) is 22.7 Å². The minimum Gasteiger partial charge on any atom is -0.484 e. The van der Waals surface area contributed by atoms with E-state index in [4.69, 9.17) is 15.4 Å². The first-order valence-electron chi connectivity index (χ1n) is 5.31. The second kappa shape index (κ2) is 5.37. The highest BCUT2D eigenvalue weighted by Gasteiger charge is 2.22. The summed E-state index contributed by atoms with van der Waals surface area (Å²) in [7, 11) is 2.34. The molecule has 0 amide bonds. The molecule has 20 heavy (non-hydrogen) atoms. The molecule has 5 nitrogen and oxygen atoms in total. The van der Waals surface area contributed by atoms with Crippen LogP contribution in [0, 0.1) is 11.6 Å². The first kappa shape index (κ1) is 14.7. The summed E-state index contributed by atoms with van der Waals surface area (Å²) in [6.45, 7) is -0.0418. The van der Waals surface area contributed by atoms with E-state index in [0.29, 0.717) is 5.69 Å². The Balaban J connectivity index is 2.27. The molecular weight excluding hydrogens is 314 g/mol. The lowest BCUT2D eigenvalue weighted by molar-refractivity contribution is 0.275. The van der Waals surface area contributed by atoms with Gasteiger partial charge in [0.25, 0.3) is 9.05 Å². The van der Waals surface area contributed by atoms with Crippen molar-refractivity contribution in [3.63, 3.8) is 0 Å². The fourth-order valence-corrected chi connectivity index (χ4v) is 2.38. The molecule has 0 aliphatic heterocycles. The van der Waals surface area contributed by atoms with E-state index in [1.165, 1.54) is 12.5 Å². The number of aromatic nitrogens is 2. The largest absolute Gasteiger partial charge is 0.484 e. The molecule has 0 saturated carbocycles. The van der Waals surface area contributed by atoms with Crippen LogP contribution in [0.2, 0.25) is 0 Å². The maximum absolute atomic E-state index is 13.7. The summed E-state index contributed by atoms with van der Waals surface area (Å²) in [5, 5.41) is 0. The number of halogens is 3. The topological polar surface area (TPSA) is 61.2 Å². The zero-order valence-electron chi connectivity index (χ0n) is 10.2. The zero-order chi connectivity index (χ0) is 14.9. The third-order valence-corrected chi connectivity index (χ3v) is 3.91. The molecule has 0 N–H and O–H groups in total. The maximum atomic E-state index is 13.7. The van der Waals surface area contributed by atoms with Gasteiger partial charge in [-0.15, -0.1) is 0 Å². The summed E-state index contributed by atoms with van der Waals surface area (Å²) >= 11 is 0. The Hall–Kier alpha value is -1.67. The van der Waals surface area contributed by atoms with Crippen molar-refractivity contribution in [2.45, 2.75) is 11.5 Å². The number of benzene rings is 1. The summed E-state index contributed by atoms with van der Waals surface area (Å²) in [6.07, 6.45) is 3.03. The van der Waals surface area contributed by atoms with Gasteiger partial charge in [0, 0.05) is 17.7 Å². The molecule has 0 bridgehead atoms. The van der Waals surface area contributed by atoms with Crippen LogP contribution in [0.1, 0.15) is 5.69 Å². The molecule has 0 unspecified atom stereocenters. The van der Waals surface area contributed by atoms with Gasteiger partial charge in [-0.2, -0.15) is 4.39 Å². The van der Waals surface area contributed by atoms with Gasteiger partial charge in [0.2, 0.25) is 5.82 Å². The number of imidazole rings is 1. The van der Waals surface area contributed by atoms with Crippen LogP contribution in [0.15, 0.2) is 29.6 Å². The van der Waals surface area contributed by atoms with Gasteiger partial charge in [-0.1, -0.05) is 0 Å². The molecule has 0 aliphatic carbocycles. The lowest BCUT2D eigenvalue weighted by atomic mass is 10.3. The minimum absolute atomic E-state index is 0.0418. The van der Waals surface area contributed by atoms with Gasteiger partial charge >= 0.3 is 0 Å². The monoisotopic (exact) mass is 322 g/mol. The van der Waals surface area contributed by atoms with Crippen LogP contribution in [0.4, 0.5) is 8.78 Å². The molecule has 9 heteroatoms. The van der Waals surface area contributed by atoms with Gasteiger partial charge in [0.1, 0.15) is 11.5 Å². The SMILES string of the molecule is Cn1cncc1COc1ccc(S(=O)(=O)Cl)c(F)c1F. The lowest BCUT2D eigenvalue weighted by Gasteiger charge is -2.09. The first-order valence-corrected chi connectivity index (χ1v) is 7.62. The third kappa shape index (κ3) is 2.91. The van der Waals surface area contributed by atoms with Crippen molar-refractivity contribution in [3.8, 4) is 5.75 Å². The maximum Gasteiger partial charge on any atom is 0.264 e. The number of nitrogens with zero attached hydrogens (tertiary/aromatic N) is 2. The summed E-state index contributed by atoms with van der Waals surface area (Å²) < 4.78 is 56.0. The Morgan fingerprint density at radius 3 is 2.60 bits per heavy atom. The minimum atomic E-state index is -4.35. The van der Waals surface area contributed by atoms with Crippen LogP contribution >= 0.6 is 10.7 Å². The number of ether oxygens (including phenoxy) is 1.